The first kappa shape index (κ1) is 19.1. The molecule has 0 aliphatic carbocycles. The third-order valence-corrected chi connectivity index (χ3v) is 4.07. The van der Waals surface area contributed by atoms with Gasteiger partial charge in [-0.15, -0.1) is 0 Å². The van der Waals surface area contributed by atoms with Crippen LogP contribution in [-0.2, 0) is 0 Å². The van der Waals surface area contributed by atoms with Crippen molar-refractivity contribution in [2.45, 2.75) is 0 Å². The molecule has 3 aromatic rings. The second-order valence-corrected chi connectivity index (χ2v) is 6.21. The van der Waals surface area contributed by atoms with Crippen LogP contribution in [0, 0.1) is 10.1 Å². The topological polar surface area (TPSA) is 101 Å². The number of anilines is 2. The summed E-state index contributed by atoms with van der Waals surface area (Å²) in [7, 11) is 0. The van der Waals surface area contributed by atoms with Crippen LogP contribution in [0.1, 0.15) is 20.7 Å². The van der Waals surface area contributed by atoms with Gasteiger partial charge >= 0.3 is 0 Å². The summed E-state index contributed by atoms with van der Waals surface area (Å²) in [5.74, 6) is -0.915. The maximum Gasteiger partial charge on any atom is 0.282 e. The number of rotatable bonds is 5. The Hall–Kier alpha value is -3.71. The highest BCUT2D eigenvalue weighted by Gasteiger charge is 2.19. The lowest BCUT2D eigenvalue weighted by Gasteiger charge is -2.08. The van der Waals surface area contributed by atoms with E-state index in [0.717, 1.165) is 0 Å². The van der Waals surface area contributed by atoms with Crippen molar-refractivity contribution in [1.82, 2.24) is 0 Å². The Bertz CT molecular complexity index is 1050. The Labute approximate surface area is 165 Å². The summed E-state index contributed by atoms with van der Waals surface area (Å²) in [6.45, 7) is 0. The van der Waals surface area contributed by atoms with E-state index < -0.39 is 10.8 Å². The summed E-state index contributed by atoms with van der Waals surface area (Å²) in [4.78, 5) is 35.0. The SMILES string of the molecule is O=C(Nc1ccc(NC(=O)c2ccccc2[N+](=O)[O-])cc1)c1cccc(Cl)c1. The monoisotopic (exact) mass is 395 g/mol. The molecule has 0 atom stereocenters. The zero-order chi connectivity index (χ0) is 20.1. The summed E-state index contributed by atoms with van der Waals surface area (Å²) < 4.78 is 0. The number of hydrogen-bond donors (Lipinski definition) is 2. The second-order valence-electron chi connectivity index (χ2n) is 5.77. The molecule has 3 rings (SSSR count). The summed E-state index contributed by atoms with van der Waals surface area (Å²) >= 11 is 5.88. The van der Waals surface area contributed by atoms with Gasteiger partial charge in [-0.25, -0.2) is 0 Å². The molecule has 0 aromatic heterocycles. The first-order chi connectivity index (χ1) is 13.4. The second kappa shape index (κ2) is 8.32. The molecule has 0 aliphatic heterocycles. The van der Waals surface area contributed by atoms with Gasteiger partial charge in [-0.1, -0.05) is 29.8 Å². The Morgan fingerprint density at radius 1 is 0.821 bits per heavy atom. The molecular formula is C20H14ClN3O4. The molecule has 0 radical (unpaired) electrons. The lowest BCUT2D eigenvalue weighted by Crippen LogP contribution is -2.14. The van der Waals surface area contributed by atoms with E-state index in [9.17, 15) is 19.7 Å². The van der Waals surface area contributed by atoms with Crippen molar-refractivity contribution in [3.63, 3.8) is 0 Å². The lowest BCUT2D eigenvalue weighted by molar-refractivity contribution is -0.385. The molecule has 8 heteroatoms. The van der Waals surface area contributed by atoms with Gasteiger partial charge in [0, 0.05) is 28.0 Å². The van der Waals surface area contributed by atoms with E-state index in [0.29, 0.717) is 22.0 Å². The van der Waals surface area contributed by atoms with Gasteiger partial charge in [0.05, 0.1) is 4.92 Å². The number of nitro benzene ring substituents is 1. The largest absolute Gasteiger partial charge is 0.322 e. The summed E-state index contributed by atoms with van der Waals surface area (Å²) in [6, 6.07) is 18.6. The standard InChI is InChI=1S/C20H14ClN3O4/c21-14-5-3-4-13(12-14)19(25)22-15-8-10-16(11-9-15)23-20(26)17-6-1-2-7-18(17)24(27)28/h1-12H,(H,22,25)(H,23,26). The van der Waals surface area contributed by atoms with Gasteiger partial charge in [0.2, 0.25) is 0 Å². The van der Waals surface area contributed by atoms with Gasteiger partial charge in [0.25, 0.3) is 17.5 Å². The predicted molar refractivity (Wildman–Crippen MR) is 107 cm³/mol. The van der Waals surface area contributed by atoms with E-state index in [1.54, 1.807) is 54.6 Å². The third kappa shape index (κ3) is 4.52. The molecule has 0 saturated heterocycles. The van der Waals surface area contributed by atoms with E-state index in [4.69, 9.17) is 11.6 Å². The number of benzene rings is 3. The van der Waals surface area contributed by atoms with Crippen LogP contribution < -0.4 is 10.6 Å². The van der Waals surface area contributed by atoms with Crippen LogP contribution in [-0.4, -0.2) is 16.7 Å². The third-order valence-electron chi connectivity index (χ3n) is 3.83. The Morgan fingerprint density at radius 2 is 1.43 bits per heavy atom. The molecule has 3 aromatic carbocycles. The summed E-state index contributed by atoms with van der Waals surface area (Å²) in [5, 5.41) is 16.8. The van der Waals surface area contributed by atoms with Crippen LogP contribution in [0.2, 0.25) is 5.02 Å². The van der Waals surface area contributed by atoms with Crippen molar-refractivity contribution in [3.05, 3.63) is 99.1 Å². The van der Waals surface area contributed by atoms with Crippen LogP contribution >= 0.6 is 11.6 Å². The minimum Gasteiger partial charge on any atom is -0.322 e. The van der Waals surface area contributed by atoms with Crippen molar-refractivity contribution in [2.75, 3.05) is 10.6 Å². The van der Waals surface area contributed by atoms with Crippen LogP contribution in [0.25, 0.3) is 0 Å². The number of para-hydroxylation sites is 1. The Morgan fingerprint density at radius 3 is 2.04 bits per heavy atom. The number of hydrogen-bond acceptors (Lipinski definition) is 4. The van der Waals surface area contributed by atoms with Crippen molar-refractivity contribution in [3.8, 4) is 0 Å². The molecular weight excluding hydrogens is 382 g/mol. The molecule has 0 bridgehead atoms. The zero-order valence-electron chi connectivity index (χ0n) is 14.4. The summed E-state index contributed by atoms with van der Waals surface area (Å²) in [6.07, 6.45) is 0. The van der Waals surface area contributed by atoms with E-state index in [-0.39, 0.29) is 17.2 Å². The number of amides is 2. The van der Waals surface area contributed by atoms with Gasteiger partial charge in [0.15, 0.2) is 0 Å². The molecule has 2 amide bonds. The molecule has 0 fully saturated rings. The number of halogens is 1. The number of carbonyl (C=O) groups is 2. The normalized spacial score (nSPS) is 10.2. The molecule has 0 aliphatic rings. The molecule has 0 spiro atoms. The highest BCUT2D eigenvalue weighted by molar-refractivity contribution is 6.31. The molecule has 28 heavy (non-hydrogen) atoms. The number of nitrogens with zero attached hydrogens (tertiary/aromatic N) is 1. The van der Waals surface area contributed by atoms with Crippen molar-refractivity contribution in [1.29, 1.82) is 0 Å². The van der Waals surface area contributed by atoms with Gasteiger partial charge in [-0.2, -0.15) is 0 Å². The average Bonchev–Trinajstić information content (AvgIpc) is 2.69. The van der Waals surface area contributed by atoms with Crippen molar-refractivity contribution >= 4 is 40.5 Å². The molecule has 2 N–H and O–H groups in total. The van der Waals surface area contributed by atoms with Crippen LogP contribution in [0.5, 0.6) is 0 Å². The molecule has 7 nitrogen and oxygen atoms in total. The highest BCUT2D eigenvalue weighted by Crippen LogP contribution is 2.21. The quantitative estimate of drug-likeness (QED) is 0.480. The van der Waals surface area contributed by atoms with E-state index in [1.807, 2.05) is 0 Å². The fourth-order valence-corrected chi connectivity index (χ4v) is 2.68. The fraction of sp³-hybridized carbons (Fsp3) is 0. The average molecular weight is 396 g/mol. The maximum atomic E-state index is 12.3. The molecule has 0 heterocycles. The Kier molecular flexibility index (Phi) is 5.67. The van der Waals surface area contributed by atoms with Gasteiger partial charge in [-0.3, -0.25) is 19.7 Å². The van der Waals surface area contributed by atoms with Gasteiger partial charge in [-0.05, 0) is 48.5 Å². The minimum absolute atomic E-state index is 0.0363. The maximum absolute atomic E-state index is 12.3. The molecule has 0 unspecified atom stereocenters. The van der Waals surface area contributed by atoms with Crippen LogP contribution in [0.3, 0.4) is 0 Å². The number of nitro groups is 1. The molecule has 140 valence electrons. The lowest BCUT2D eigenvalue weighted by atomic mass is 10.1. The van der Waals surface area contributed by atoms with Gasteiger partial charge in [0.1, 0.15) is 5.56 Å². The van der Waals surface area contributed by atoms with E-state index in [1.165, 1.54) is 18.2 Å². The van der Waals surface area contributed by atoms with E-state index in [2.05, 4.69) is 10.6 Å². The number of carbonyl (C=O) groups excluding carboxylic acids is 2. The first-order valence-corrected chi connectivity index (χ1v) is 8.53. The van der Waals surface area contributed by atoms with Crippen LogP contribution in [0.15, 0.2) is 72.8 Å². The van der Waals surface area contributed by atoms with Crippen LogP contribution in [0.4, 0.5) is 17.1 Å². The number of nitrogens with one attached hydrogen (secondary N) is 2. The summed E-state index contributed by atoms with van der Waals surface area (Å²) in [5.41, 5.74) is 1.06. The molecule has 0 saturated carbocycles. The van der Waals surface area contributed by atoms with Crippen molar-refractivity contribution < 1.29 is 14.5 Å². The van der Waals surface area contributed by atoms with Gasteiger partial charge < -0.3 is 10.6 Å². The van der Waals surface area contributed by atoms with E-state index >= 15 is 0 Å². The smallest absolute Gasteiger partial charge is 0.282 e. The highest BCUT2D eigenvalue weighted by atomic mass is 35.5. The zero-order valence-corrected chi connectivity index (χ0v) is 15.1. The first-order valence-electron chi connectivity index (χ1n) is 8.16. The Balaban J connectivity index is 1.69. The minimum atomic E-state index is -0.608. The fourth-order valence-electron chi connectivity index (χ4n) is 2.49. The predicted octanol–water partition coefficient (Wildman–Crippen LogP) is 4.75. The van der Waals surface area contributed by atoms with Crippen molar-refractivity contribution in [2.24, 2.45) is 0 Å².